The van der Waals surface area contributed by atoms with Crippen molar-refractivity contribution in [1.82, 2.24) is 4.72 Å². The van der Waals surface area contributed by atoms with E-state index in [2.05, 4.69) is 4.72 Å². The number of nitrogens with one attached hydrogen (secondary N) is 1. The van der Waals surface area contributed by atoms with E-state index >= 15 is 0 Å². The maximum atomic E-state index is 13.6. The largest absolute Gasteiger partial charge is 0.489 e. The molecular formula is C21H19F2NO3S. The Balaban J connectivity index is 1.52. The van der Waals surface area contributed by atoms with E-state index in [0.717, 1.165) is 11.1 Å². The molecule has 0 amide bonds. The number of hydrogen-bond acceptors (Lipinski definition) is 3. The second-order valence-corrected chi connectivity index (χ2v) is 8.04. The third-order valence-corrected chi connectivity index (χ3v) is 5.32. The molecule has 28 heavy (non-hydrogen) atoms. The number of hydrogen-bond donors (Lipinski definition) is 1. The number of sulfonamides is 1. The molecule has 0 unspecified atom stereocenters. The van der Waals surface area contributed by atoms with Crippen LogP contribution in [0.2, 0.25) is 0 Å². The van der Waals surface area contributed by atoms with E-state index in [-0.39, 0.29) is 17.9 Å². The average molecular weight is 403 g/mol. The maximum Gasteiger partial charge on any atom is 0.216 e. The van der Waals surface area contributed by atoms with Gasteiger partial charge in [-0.15, -0.1) is 0 Å². The molecule has 0 aliphatic heterocycles. The van der Waals surface area contributed by atoms with Gasteiger partial charge in [0, 0.05) is 12.1 Å². The summed E-state index contributed by atoms with van der Waals surface area (Å²) in [7, 11) is -3.67. The van der Waals surface area contributed by atoms with Gasteiger partial charge in [0.15, 0.2) is 0 Å². The normalized spacial score (nSPS) is 11.4. The highest BCUT2D eigenvalue weighted by molar-refractivity contribution is 7.88. The Morgan fingerprint density at radius 1 is 0.821 bits per heavy atom. The molecule has 0 heterocycles. The van der Waals surface area contributed by atoms with Gasteiger partial charge in [-0.1, -0.05) is 42.5 Å². The molecule has 0 fully saturated rings. The molecule has 0 saturated carbocycles. The minimum atomic E-state index is -3.67. The van der Waals surface area contributed by atoms with Gasteiger partial charge in [0.25, 0.3) is 0 Å². The van der Waals surface area contributed by atoms with Crippen molar-refractivity contribution in [1.29, 1.82) is 0 Å². The zero-order valence-electron chi connectivity index (χ0n) is 14.9. The molecule has 0 aliphatic carbocycles. The van der Waals surface area contributed by atoms with Crippen molar-refractivity contribution >= 4 is 10.0 Å². The lowest BCUT2D eigenvalue weighted by molar-refractivity contribution is 0.306. The highest BCUT2D eigenvalue weighted by Gasteiger charge is 2.14. The molecule has 0 aromatic heterocycles. The summed E-state index contributed by atoms with van der Waals surface area (Å²) in [5.41, 5.74) is 1.71. The molecule has 7 heteroatoms. The van der Waals surface area contributed by atoms with E-state index in [1.807, 2.05) is 0 Å². The Kier molecular flexibility index (Phi) is 6.38. The van der Waals surface area contributed by atoms with Gasteiger partial charge in [0.05, 0.1) is 5.75 Å². The van der Waals surface area contributed by atoms with Gasteiger partial charge in [-0.25, -0.2) is 21.9 Å². The fourth-order valence-electron chi connectivity index (χ4n) is 2.52. The monoisotopic (exact) mass is 403 g/mol. The Hall–Kier alpha value is -2.77. The summed E-state index contributed by atoms with van der Waals surface area (Å²) in [5.74, 6) is -0.651. The Labute approximate surface area is 162 Å². The van der Waals surface area contributed by atoms with E-state index in [9.17, 15) is 17.2 Å². The summed E-state index contributed by atoms with van der Waals surface area (Å²) < 4.78 is 58.9. The van der Waals surface area contributed by atoms with Gasteiger partial charge in [0.1, 0.15) is 24.0 Å². The minimum absolute atomic E-state index is 0.0923. The lowest BCUT2D eigenvalue weighted by atomic mass is 10.2. The zero-order valence-corrected chi connectivity index (χ0v) is 15.8. The first-order valence-corrected chi connectivity index (χ1v) is 10.2. The molecule has 146 valence electrons. The summed E-state index contributed by atoms with van der Waals surface area (Å²) in [6, 6.07) is 18.8. The van der Waals surface area contributed by atoms with E-state index in [4.69, 9.17) is 4.74 Å². The Morgan fingerprint density at radius 3 is 2.14 bits per heavy atom. The predicted octanol–water partition coefficient (Wildman–Crippen LogP) is 4.16. The van der Waals surface area contributed by atoms with E-state index in [1.165, 1.54) is 30.3 Å². The highest BCUT2D eigenvalue weighted by atomic mass is 32.2. The average Bonchev–Trinajstić information content (AvgIpc) is 2.68. The Bertz CT molecular complexity index is 1020. The van der Waals surface area contributed by atoms with Crippen LogP contribution in [0.1, 0.15) is 16.7 Å². The number of benzene rings is 3. The summed E-state index contributed by atoms with van der Waals surface area (Å²) in [6.07, 6.45) is 0. The van der Waals surface area contributed by atoms with E-state index in [1.54, 1.807) is 42.5 Å². The van der Waals surface area contributed by atoms with Crippen LogP contribution in [0.25, 0.3) is 0 Å². The molecule has 0 radical (unpaired) electrons. The molecule has 0 bridgehead atoms. The van der Waals surface area contributed by atoms with Crippen LogP contribution >= 0.6 is 0 Å². The zero-order chi connectivity index (χ0) is 20.0. The van der Waals surface area contributed by atoms with Crippen molar-refractivity contribution in [2.45, 2.75) is 18.9 Å². The third kappa shape index (κ3) is 5.87. The molecule has 0 atom stereocenters. The van der Waals surface area contributed by atoms with Crippen molar-refractivity contribution in [3.8, 4) is 5.75 Å². The molecule has 3 aromatic rings. The first-order chi connectivity index (χ1) is 13.4. The molecule has 0 saturated heterocycles. The van der Waals surface area contributed by atoms with Crippen molar-refractivity contribution < 1.29 is 21.9 Å². The predicted molar refractivity (Wildman–Crippen MR) is 103 cm³/mol. The van der Waals surface area contributed by atoms with Crippen molar-refractivity contribution in [3.63, 3.8) is 0 Å². The summed E-state index contributed by atoms with van der Waals surface area (Å²) in [5, 5.41) is 0. The smallest absolute Gasteiger partial charge is 0.216 e. The van der Waals surface area contributed by atoms with Crippen molar-refractivity contribution in [2.75, 3.05) is 0 Å². The van der Waals surface area contributed by atoms with Gasteiger partial charge in [-0.3, -0.25) is 0 Å². The quantitative estimate of drug-likeness (QED) is 0.614. The lowest BCUT2D eigenvalue weighted by Gasteiger charge is -2.09. The van der Waals surface area contributed by atoms with Gasteiger partial charge >= 0.3 is 0 Å². The lowest BCUT2D eigenvalue weighted by Crippen LogP contribution is -2.25. The molecule has 4 nitrogen and oxygen atoms in total. The number of halogens is 2. The van der Waals surface area contributed by atoms with Gasteiger partial charge < -0.3 is 4.74 Å². The Morgan fingerprint density at radius 2 is 1.46 bits per heavy atom. The molecule has 0 aliphatic rings. The van der Waals surface area contributed by atoms with Crippen LogP contribution in [-0.4, -0.2) is 8.42 Å². The SMILES string of the molecule is O=S(=O)(Cc1ccccc1F)NCc1ccc(OCc2ccc(F)cc2)cc1. The maximum absolute atomic E-state index is 13.6. The number of rotatable bonds is 8. The second-order valence-electron chi connectivity index (χ2n) is 6.23. The van der Waals surface area contributed by atoms with Crippen molar-refractivity contribution in [3.05, 3.63) is 101 Å². The van der Waals surface area contributed by atoms with Gasteiger partial charge in [0.2, 0.25) is 10.0 Å². The fourth-order valence-corrected chi connectivity index (χ4v) is 3.65. The van der Waals surface area contributed by atoms with E-state index in [0.29, 0.717) is 12.4 Å². The molecular weight excluding hydrogens is 384 g/mol. The van der Waals surface area contributed by atoms with Crippen LogP contribution in [0.15, 0.2) is 72.8 Å². The fraction of sp³-hybridized carbons (Fsp3) is 0.143. The number of ether oxygens (including phenoxy) is 1. The summed E-state index contributed by atoms with van der Waals surface area (Å²) >= 11 is 0. The van der Waals surface area contributed by atoms with Crippen LogP contribution in [0.5, 0.6) is 5.75 Å². The molecule has 3 rings (SSSR count). The molecule has 3 aromatic carbocycles. The second kappa shape index (κ2) is 8.95. The standard InChI is InChI=1S/C21H19F2NO3S/c22-19-9-5-17(6-10-19)14-27-20-11-7-16(8-12-20)13-24-28(25,26)15-18-3-1-2-4-21(18)23/h1-12,24H,13-15H2. The van der Waals surface area contributed by atoms with Crippen LogP contribution in [0, 0.1) is 11.6 Å². The van der Waals surface area contributed by atoms with Crippen LogP contribution in [0.4, 0.5) is 8.78 Å². The first kappa shape index (κ1) is 20.0. The minimum Gasteiger partial charge on any atom is -0.489 e. The molecule has 1 N–H and O–H groups in total. The third-order valence-electron chi connectivity index (χ3n) is 4.04. The summed E-state index contributed by atoms with van der Waals surface area (Å²) in [6.45, 7) is 0.393. The summed E-state index contributed by atoms with van der Waals surface area (Å²) in [4.78, 5) is 0. The highest BCUT2D eigenvalue weighted by Crippen LogP contribution is 2.15. The van der Waals surface area contributed by atoms with Crippen LogP contribution in [-0.2, 0) is 28.9 Å². The van der Waals surface area contributed by atoms with Gasteiger partial charge in [-0.2, -0.15) is 0 Å². The molecule has 0 spiro atoms. The first-order valence-electron chi connectivity index (χ1n) is 8.58. The van der Waals surface area contributed by atoms with Crippen molar-refractivity contribution in [2.24, 2.45) is 0 Å². The van der Waals surface area contributed by atoms with Gasteiger partial charge in [-0.05, 0) is 41.5 Å². The topological polar surface area (TPSA) is 55.4 Å². The van der Waals surface area contributed by atoms with Crippen LogP contribution < -0.4 is 9.46 Å². The van der Waals surface area contributed by atoms with Crippen LogP contribution in [0.3, 0.4) is 0 Å². The van der Waals surface area contributed by atoms with E-state index < -0.39 is 21.6 Å².